The smallest absolute Gasteiger partial charge is 0.246 e. The van der Waals surface area contributed by atoms with Gasteiger partial charge in [0.1, 0.15) is 0 Å². The number of benzene rings is 1. The number of likely N-dealkylation sites (tertiary alicyclic amines) is 1. The van der Waals surface area contributed by atoms with Gasteiger partial charge in [0.05, 0.1) is 16.1 Å². The Bertz CT molecular complexity index is 488. The Labute approximate surface area is 116 Å². The zero-order valence-electron chi connectivity index (χ0n) is 9.64. The predicted molar refractivity (Wildman–Crippen MR) is 72.7 cm³/mol. The quantitative estimate of drug-likeness (QED) is 0.849. The summed E-state index contributed by atoms with van der Waals surface area (Å²) in [5, 5.41) is 10.3. The van der Waals surface area contributed by atoms with Crippen molar-refractivity contribution in [3.05, 3.63) is 39.9 Å². The minimum Gasteiger partial charge on any atom is -0.391 e. The molecular formula is C13H13Cl2NO2. The summed E-state index contributed by atoms with van der Waals surface area (Å²) >= 11 is 11.9. The number of nitrogens with zero attached hydrogens (tertiary/aromatic N) is 1. The van der Waals surface area contributed by atoms with Crippen molar-refractivity contribution in [2.45, 2.75) is 12.5 Å². The minimum absolute atomic E-state index is 0.123. The van der Waals surface area contributed by atoms with Gasteiger partial charge in [-0.1, -0.05) is 35.3 Å². The van der Waals surface area contributed by atoms with Crippen molar-refractivity contribution in [1.82, 2.24) is 4.90 Å². The van der Waals surface area contributed by atoms with Crippen LogP contribution in [-0.2, 0) is 4.79 Å². The second-order valence-electron chi connectivity index (χ2n) is 4.20. The molecule has 1 fully saturated rings. The van der Waals surface area contributed by atoms with E-state index in [1.807, 2.05) is 0 Å². The van der Waals surface area contributed by atoms with Crippen LogP contribution in [0.2, 0.25) is 10.0 Å². The summed E-state index contributed by atoms with van der Waals surface area (Å²) in [5.41, 5.74) is 0.706. The number of rotatable bonds is 2. The van der Waals surface area contributed by atoms with Crippen molar-refractivity contribution in [2.24, 2.45) is 0 Å². The molecule has 0 spiro atoms. The number of aliphatic hydroxyl groups excluding tert-OH is 1. The number of hydrogen-bond donors (Lipinski definition) is 1. The van der Waals surface area contributed by atoms with E-state index in [0.717, 1.165) is 0 Å². The average molecular weight is 286 g/mol. The van der Waals surface area contributed by atoms with Gasteiger partial charge in [0, 0.05) is 19.2 Å². The first-order valence-electron chi connectivity index (χ1n) is 5.67. The number of hydrogen-bond acceptors (Lipinski definition) is 2. The average Bonchev–Trinajstić information content (AvgIpc) is 2.77. The Morgan fingerprint density at radius 3 is 2.89 bits per heavy atom. The molecule has 1 aromatic rings. The highest BCUT2D eigenvalue weighted by molar-refractivity contribution is 6.42. The molecule has 1 aliphatic heterocycles. The molecule has 2 rings (SSSR count). The molecule has 1 aliphatic rings. The second kappa shape index (κ2) is 5.74. The van der Waals surface area contributed by atoms with E-state index in [1.54, 1.807) is 29.2 Å². The molecule has 1 atom stereocenters. The van der Waals surface area contributed by atoms with Crippen molar-refractivity contribution in [2.75, 3.05) is 13.1 Å². The van der Waals surface area contributed by atoms with Gasteiger partial charge in [-0.3, -0.25) is 4.79 Å². The molecule has 18 heavy (non-hydrogen) atoms. The van der Waals surface area contributed by atoms with Crippen LogP contribution in [0.15, 0.2) is 24.3 Å². The van der Waals surface area contributed by atoms with Crippen LogP contribution in [0, 0.1) is 0 Å². The van der Waals surface area contributed by atoms with Gasteiger partial charge in [-0.15, -0.1) is 0 Å². The van der Waals surface area contributed by atoms with Gasteiger partial charge in [0.15, 0.2) is 0 Å². The van der Waals surface area contributed by atoms with Crippen LogP contribution < -0.4 is 0 Å². The Hall–Kier alpha value is -1.03. The van der Waals surface area contributed by atoms with Gasteiger partial charge >= 0.3 is 0 Å². The van der Waals surface area contributed by atoms with Crippen LogP contribution in [0.4, 0.5) is 0 Å². The molecule has 1 unspecified atom stereocenters. The molecule has 1 N–H and O–H groups in total. The molecule has 5 heteroatoms. The summed E-state index contributed by atoms with van der Waals surface area (Å²) in [7, 11) is 0. The van der Waals surface area contributed by atoms with E-state index in [2.05, 4.69) is 0 Å². The molecule has 1 heterocycles. The van der Waals surface area contributed by atoms with E-state index in [4.69, 9.17) is 23.2 Å². The van der Waals surface area contributed by atoms with Crippen molar-refractivity contribution < 1.29 is 9.90 Å². The lowest BCUT2D eigenvalue weighted by atomic mass is 10.2. The van der Waals surface area contributed by atoms with E-state index < -0.39 is 6.10 Å². The first-order valence-corrected chi connectivity index (χ1v) is 6.42. The summed E-state index contributed by atoms with van der Waals surface area (Å²) in [5.74, 6) is -0.123. The highest BCUT2D eigenvalue weighted by Crippen LogP contribution is 2.26. The topological polar surface area (TPSA) is 40.5 Å². The third kappa shape index (κ3) is 3.05. The van der Waals surface area contributed by atoms with Gasteiger partial charge in [-0.05, 0) is 24.1 Å². The molecule has 3 nitrogen and oxygen atoms in total. The standard InChI is InChI=1S/C13H13Cl2NO2/c14-11-3-1-2-9(13(11)15)4-5-12(18)16-7-6-10(17)8-16/h1-5,10,17H,6-8H2/b5-4+. The fraction of sp³-hybridized carbons (Fsp3) is 0.308. The lowest BCUT2D eigenvalue weighted by Gasteiger charge is -2.12. The normalized spacial score (nSPS) is 19.7. The van der Waals surface area contributed by atoms with Crippen LogP contribution in [0.3, 0.4) is 0 Å². The fourth-order valence-corrected chi connectivity index (χ4v) is 2.23. The summed E-state index contributed by atoms with van der Waals surface area (Å²) in [6, 6.07) is 5.26. The predicted octanol–water partition coefficient (Wildman–Crippen LogP) is 2.60. The number of β-amino-alcohol motifs (C(OH)–C–C–N with tert-alkyl or cyclic N) is 1. The molecule has 0 radical (unpaired) electrons. The Morgan fingerprint density at radius 2 is 2.22 bits per heavy atom. The van der Waals surface area contributed by atoms with Gasteiger partial charge in [-0.2, -0.15) is 0 Å². The molecule has 0 aliphatic carbocycles. The maximum Gasteiger partial charge on any atom is 0.246 e. The number of halogens is 2. The van der Waals surface area contributed by atoms with E-state index >= 15 is 0 Å². The van der Waals surface area contributed by atoms with E-state index in [0.29, 0.717) is 35.1 Å². The Balaban J connectivity index is 2.06. The maximum atomic E-state index is 11.8. The summed E-state index contributed by atoms with van der Waals surface area (Å²) in [6.07, 6.45) is 3.33. The first-order chi connectivity index (χ1) is 8.58. The highest BCUT2D eigenvalue weighted by atomic mass is 35.5. The van der Waals surface area contributed by atoms with Crippen LogP contribution in [0.25, 0.3) is 6.08 Å². The molecule has 0 saturated carbocycles. The monoisotopic (exact) mass is 285 g/mol. The van der Waals surface area contributed by atoms with Crippen molar-refractivity contribution in [3.63, 3.8) is 0 Å². The maximum absolute atomic E-state index is 11.8. The van der Waals surface area contributed by atoms with Crippen LogP contribution in [-0.4, -0.2) is 35.1 Å². The van der Waals surface area contributed by atoms with Gasteiger partial charge in [0.2, 0.25) is 5.91 Å². The highest BCUT2D eigenvalue weighted by Gasteiger charge is 2.22. The van der Waals surface area contributed by atoms with Crippen molar-refractivity contribution in [3.8, 4) is 0 Å². The zero-order chi connectivity index (χ0) is 13.1. The third-order valence-electron chi connectivity index (χ3n) is 2.86. The first kappa shape index (κ1) is 13.4. The van der Waals surface area contributed by atoms with Crippen LogP contribution in [0.1, 0.15) is 12.0 Å². The number of carbonyl (C=O) groups excluding carboxylic acids is 1. The fourth-order valence-electron chi connectivity index (χ4n) is 1.86. The second-order valence-corrected chi connectivity index (χ2v) is 4.99. The number of carbonyl (C=O) groups is 1. The van der Waals surface area contributed by atoms with Crippen molar-refractivity contribution in [1.29, 1.82) is 0 Å². The molecular weight excluding hydrogens is 273 g/mol. The van der Waals surface area contributed by atoms with Gasteiger partial charge < -0.3 is 10.0 Å². The van der Waals surface area contributed by atoms with Crippen LogP contribution >= 0.6 is 23.2 Å². The molecule has 0 bridgehead atoms. The van der Waals surface area contributed by atoms with Gasteiger partial charge in [0.25, 0.3) is 0 Å². The molecule has 96 valence electrons. The minimum atomic E-state index is -0.405. The number of aliphatic hydroxyl groups is 1. The lowest BCUT2D eigenvalue weighted by molar-refractivity contribution is -0.125. The van der Waals surface area contributed by atoms with Crippen LogP contribution in [0.5, 0.6) is 0 Å². The third-order valence-corrected chi connectivity index (χ3v) is 3.70. The largest absolute Gasteiger partial charge is 0.391 e. The SMILES string of the molecule is O=C(/C=C/c1cccc(Cl)c1Cl)N1CCC(O)C1. The van der Waals surface area contributed by atoms with E-state index in [9.17, 15) is 9.90 Å². The molecule has 1 amide bonds. The summed E-state index contributed by atoms with van der Waals surface area (Å²) < 4.78 is 0. The molecule has 1 aromatic carbocycles. The van der Waals surface area contributed by atoms with Gasteiger partial charge in [-0.25, -0.2) is 0 Å². The van der Waals surface area contributed by atoms with E-state index in [1.165, 1.54) is 6.08 Å². The lowest BCUT2D eigenvalue weighted by Crippen LogP contribution is -2.27. The summed E-state index contributed by atoms with van der Waals surface area (Å²) in [6.45, 7) is 0.986. The Morgan fingerprint density at radius 1 is 1.44 bits per heavy atom. The zero-order valence-corrected chi connectivity index (χ0v) is 11.2. The molecule has 1 saturated heterocycles. The Kier molecular flexibility index (Phi) is 4.27. The van der Waals surface area contributed by atoms with E-state index in [-0.39, 0.29) is 5.91 Å². The number of amides is 1. The molecule has 0 aromatic heterocycles. The summed E-state index contributed by atoms with van der Waals surface area (Å²) in [4.78, 5) is 13.4. The van der Waals surface area contributed by atoms with Crippen molar-refractivity contribution >= 4 is 35.2 Å².